The van der Waals surface area contributed by atoms with E-state index in [1.807, 2.05) is 0 Å². The summed E-state index contributed by atoms with van der Waals surface area (Å²) in [6, 6.07) is 4.88. The normalized spacial score (nSPS) is 13.4. The molecule has 0 unspecified atom stereocenters. The Morgan fingerprint density at radius 3 is 2.50 bits per heavy atom. The van der Waals surface area contributed by atoms with E-state index in [9.17, 15) is 22.4 Å². The predicted octanol–water partition coefficient (Wildman–Crippen LogP) is 3.37. The first-order chi connectivity index (χ1) is 10.5. The minimum Gasteiger partial charge on any atom is -0.311 e. The Labute approximate surface area is 124 Å². The largest absolute Gasteiger partial charge is 0.311 e. The van der Waals surface area contributed by atoms with Crippen LogP contribution in [0.3, 0.4) is 0 Å². The molecule has 0 N–H and O–H groups in total. The number of rotatable bonds is 2. The Morgan fingerprint density at radius 2 is 1.73 bits per heavy atom. The van der Waals surface area contributed by atoms with Crippen molar-refractivity contribution in [1.29, 1.82) is 0 Å². The van der Waals surface area contributed by atoms with Crippen LogP contribution in [0.1, 0.15) is 11.1 Å². The third-order valence-corrected chi connectivity index (χ3v) is 3.67. The lowest BCUT2D eigenvalue weighted by atomic mass is 10.1. The molecule has 22 heavy (non-hydrogen) atoms. The van der Waals surface area contributed by atoms with E-state index in [0.29, 0.717) is 12.0 Å². The summed E-state index contributed by atoms with van der Waals surface area (Å²) < 4.78 is 53.2. The molecule has 0 fully saturated rings. The summed E-state index contributed by atoms with van der Waals surface area (Å²) in [7, 11) is 0. The summed E-state index contributed by atoms with van der Waals surface area (Å²) >= 11 is 0. The molecule has 0 bridgehead atoms. The molecule has 6 heteroatoms. The standard InChI is InChI=1S/C16H11F4NO/c17-11-1-2-12(18)10(5-11)7-16(22)21-4-3-9-6-13(19)14(20)8-15(9)21/h1-2,5-6,8H,3-4,7H2. The van der Waals surface area contributed by atoms with Gasteiger partial charge in [0.2, 0.25) is 5.91 Å². The minimum absolute atomic E-state index is 0.0685. The highest BCUT2D eigenvalue weighted by molar-refractivity contribution is 5.96. The number of benzene rings is 2. The number of nitrogens with zero attached hydrogens (tertiary/aromatic N) is 1. The minimum atomic E-state index is -1.05. The molecular weight excluding hydrogens is 298 g/mol. The van der Waals surface area contributed by atoms with E-state index < -0.39 is 29.2 Å². The Kier molecular flexibility index (Phi) is 3.60. The van der Waals surface area contributed by atoms with Gasteiger partial charge in [0.1, 0.15) is 11.6 Å². The van der Waals surface area contributed by atoms with Crippen LogP contribution >= 0.6 is 0 Å². The number of hydrogen-bond donors (Lipinski definition) is 0. The second-order valence-electron chi connectivity index (χ2n) is 5.10. The fourth-order valence-corrected chi connectivity index (χ4v) is 2.58. The fraction of sp³-hybridized carbons (Fsp3) is 0.188. The van der Waals surface area contributed by atoms with Gasteiger partial charge in [0, 0.05) is 18.2 Å². The van der Waals surface area contributed by atoms with E-state index in [2.05, 4.69) is 0 Å². The first kappa shape index (κ1) is 14.6. The lowest BCUT2D eigenvalue weighted by Crippen LogP contribution is -2.30. The lowest BCUT2D eigenvalue weighted by Gasteiger charge is -2.17. The maximum absolute atomic E-state index is 13.6. The van der Waals surface area contributed by atoms with Crippen molar-refractivity contribution in [1.82, 2.24) is 0 Å². The van der Waals surface area contributed by atoms with Crippen LogP contribution in [0.25, 0.3) is 0 Å². The second-order valence-corrected chi connectivity index (χ2v) is 5.10. The zero-order valence-corrected chi connectivity index (χ0v) is 11.4. The van der Waals surface area contributed by atoms with E-state index in [-0.39, 0.29) is 24.2 Å². The van der Waals surface area contributed by atoms with Crippen LogP contribution in [-0.4, -0.2) is 12.5 Å². The van der Waals surface area contributed by atoms with Crippen LogP contribution in [0, 0.1) is 23.3 Å². The zero-order valence-electron chi connectivity index (χ0n) is 11.4. The number of hydrogen-bond acceptors (Lipinski definition) is 1. The monoisotopic (exact) mass is 309 g/mol. The van der Waals surface area contributed by atoms with Crippen molar-refractivity contribution in [3.8, 4) is 0 Å². The average molecular weight is 309 g/mol. The molecule has 2 nitrogen and oxygen atoms in total. The molecule has 1 amide bonds. The topological polar surface area (TPSA) is 20.3 Å². The van der Waals surface area contributed by atoms with E-state index in [1.165, 1.54) is 4.90 Å². The maximum atomic E-state index is 13.6. The second kappa shape index (κ2) is 5.44. The van der Waals surface area contributed by atoms with Gasteiger partial charge < -0.3 is 4.90 Å². The van der Waals surface area contributed by atoms with Crippen LogP contribution in [0.15, 0.2) is 30.3 Å². The van der Waals surface area contributed by atoms with E-state index in [0.717, 1.165) is 30.3 Å². The molecule has 0 radical (unpaired) electrons. The van der Waals surface area contributed by atoms with Crippen molar-refractivity contribution in [2.45, 2.75) is 12.8 Å². The van der Waals surface area contributed by atoms with Crippen LogP contribution < -0.4 is 4.90 Å². The lowest BCUT2D eigenvalue weighted by molar-refractivity contribution is -0.117. The molecule has 0 saturated heterocycles. The van der Waals surface area contributed by atoms with Crippen molar-refractivity contribution in [3.63, 3.8) is 0 Å². The van der Waals surface area contributed by atoms with Crippen LogP contribution in [0.5, 0.6) is 0 Å². The number of carbonyl (C=O) groups excluding carboxylic acids is 1. The Hall–Kier alpha value is -2.37. The molecule has 0 atom stereocenters. The Morgan fingerprint density at radius 1 is 1.00 bits per heavy atom. The molecule has 1 aliphatic rings. The molecule has 1 aliphatic heterocycles. The first-order valence-corrected chi connectivity index (χ1v) is 6.68. The molecule has 3 rings (SSSR count). The molecule has 0 aliphatic carbocycles. The third-order valence-electron chi connectivity index (χ3n) is 3.67. The van der Waals surface area contributed by atoms with Gasteiger partial charge in [0.05, 0.1) is 12.1 Å². The molecule has 2 aromatic rings. The van der Waals surface area contributed by atoms with Gasteiger partial charge in [0.25, 0.3) is 0 Å². The SMILES string of the molecule is O=C(Cc1cc(F)ccc1F)N1CCc2cc(F)c(F)cc21. The molecule has 114 valence electrons. The van der Waals surface area contributed by atoms with Crippen LogP contribution in [0.4, 0.5) is 23.2 Å². The van der Waals surface area contributed by atoms with Gasteiger partial charge in [-0.1, -0.05) is 0 Å². The highest BCUT2D eigenvalue weighted by Gasteiger charge is 2.27. The first-order valence-electron chi connectivity index (χ1n) is 6.68. The number of carbonyl (C=O) groups is 1. The van der Waals surface area contributed by atoms with Gasteiger partial charge in [-0.3, -0.25) is 4.79 Å². The average Bonchev–Trinajstić information content (AvgIpc) is 2.86. The highest BCUT2D eigenvalue weighted by atomic mass is 19.2. The van der Waals surface area contributed by atoms with Crippen molar-refractivity contribution in [2.24, 2.45) is 0 Å². The summed E-state index contributed by atoms with van der Waals surface area (Å²) in [5.41, 5.74) is 0.730. The number of amides is 1. The van der Waals surface area contributed by atoms with Gasteiger partial charge in [-0.05, 0) is 36.2 Å². The Bertz CT molecular complexity index is 760. The van der Waals surface area contributed by atoms with Crippen LogP contribution in [-0.2, 0) is 17.6 Å². The summed E-state index contributed by atoms with van der Waals surface area (Å²) in [6.07, 6.45) is 0.0476. The van der Waals surface area contributed by atoms with Crippen molar-refractivity contribution >= 4 is 11.6 Å². The van der Waals surface area contributed by atoms with Gasteiger partial charge in [-0.15, -0.1) is 0 Å². The predicted molar refractivity (Wildman–Crippen MR) is 72.5 cm³/mol. The Balaban J connectivity index is 1.86. The van der Waals surface area contributed by atoms with E-state index in [1.54, 1.807) is 0 Å². The molecule has 0 spiro atoms. The van der Waals surface area contributed by atoms with Crippen molar-refractivity contribution in [2.75, 3.05) is 11.4 Å². The summed E-state index contributed by atoms with van der Waals surface area (Å²) in [4.78, 5) is 13.5. The number of anilines is 1. The van der Waals surface area contributed by atoms with Crippen molar-refractivity contribution in [3.05, 3.63) is 64.7 Å². The smallest absolute Gasteiger partial charge is 0.231 e. The maximum Gasteiger partial charge on any atom is 0.231 e. The van der Waals surface area contributed by atoms with Gasteiger partial charge >= 0.3 is 0 Å². The van der Waals surface area contributed by atoms with E-state index in [4.69, 9.17) is 0 Å². The molecular formula is C16H11F4NO. The molecule has 2 aromatic carbocycles. The van der Waals surface area contributed by atoms with Crippen LogP contribution in [0.2, 0.25) is 0 Å². The number of fused-ring (bicyclic) bond motifs is 1. The van der Waals surface area contributed by atoms with Crippen molar-refractivity contribution < 1.29 is 22.4 Å². The number of halogens is 4. The fourth-order valence-electron chi connectivity index (χ4n) is 2.58. The van der Waals surface area contributed by atoms with Gasteiger partial charge in [0.15, 0.2) is 11.6 Å². The van der Waals surface area contributed by atoms with E-state index >= 15 is 0 Å². The summed E-state index contributed by atoms with van der Waals surface area (Å²) in [6.45, 7) is 0.258. The third kappa shape index (κ3) is 2.56. The highest BCUT2D eigenvalue weighted by Crippen LogP contribution is 2.30. The summed E-state index contributed by atoms with van der Waals surface area (Å²) in [5, 5.41) is 0. The van der Waals surface area contributed by atoms with Gasteiger partial charge in [-0.2, -0.15) is 0 Å². The quantitative estimate of drug-likeness (QED) is 0.779. The molecule has 0 saturated carbocycles. The molecule has 0 aromatic heterocycles. The van der Waals surface area contributed by atoms with Gasteiger partial charge in [-0.25, -0.2) is 17.6 Å². The zero-order chi connectivity index (χ0) is 15.9. The molecule has 1 heterocycles. The summed E-state index contributed by atoms with van der Waals surface area (Å²) in [5.74, 6) is -3.83.